The molecule has 0 spiro atoms. The van der Waals surface area contributed by atoms with Gasteiger partial charge in [-0.05, 0) is 12.1 Å². The largest absolute Gasteiger partial charge is 0.366 e. The molecule has 0 aliphatic rings. The highest BCUT2D eigenvalue weighted by Crippen LogP contribution is 2.14. The van der Waals surface area contributed by atoms with Crippen LogP contribution in [0.2, 0.25) is 0 Å². The van der Waals surface area contributed by atoms with Crippen LogP contribution in [0.5, 0.6) is 0 Å². The molecule has 1 amide bonds. The first-order chi connectivity index (χ1) is 6.40. The number of hydrogen-bond donors (Lipinski definition) is 3. The Labute approximate surface area is 80.6 Å². The van der Waals surface area contributed by atoms with Crippen LogP contribution in [0.15, 0.2) is 24.3 Å². The molecule has 0 saturated carbocycles. The minimum Gasteiger partial charge on any atom is -0.366 e. The SMILES string of the molecule is NC(=O)c1ccccc1NS(=O)(=O)O. The van der Waals surface area contributed by atoms with Crippen molar-refractivity contribution in [2.24, 2.45) is 5.73 Å². The molecule has 76 valence electrons. The molecule has 0 aliphatic heterocycles. The van der Waals surface area contributed by atoms with Crippen LogP contribution in [-0.2, 0) is 10.3 Å². The summed E-state index contributed by atoms with van der Waals surface area (Å²) in [6.07, 6.45) is 0. The Hall–Kier alpha value is -1.60. The normalized spacial score (nSPS) is 10.9. The summed E-state index contributed by atoms with van der Waals surface area (Å²) in [4.78, 5) is 10.8. The van der Waals surface area contributed by atoms with E-state index >= 15 is 0 Å². The molecule has 4 N–H and O–H groups in total. The zero-order valence-electron chi connectivity index (χ0n) is 6.97. The van der Waals surface area contributed by atoms with Crippen molar-refractivity contribution in [1.82, 2.24) is 0 Å². The number of carbonyl (C=O) groups is 1. The highest BCUT2D eigenvalue weighted by molar-refractivity contribution is 7.87. The van der Waals surface area contributed by atoms with Crippen molar-refractivity contribution in [3.05, 3.63) is 29.8 Å². The second kappa shape index (κ2) is 3.64. The average Bonchev–Trinajstić information content (AvgIpc) is 2.01. The predicted molar refractivity (Wildman–Crippen MR) is 50.1 cm³/mol. The summed E-state index contributed by atoms with van der Waals surface area (Å²) in [5, 5.41) is 0. The number of nitrogens with two attached hydrogens (primary N) is 1. The van der Waals surface area contributed by atoms with E-state index in [1.165, 1.54) is 24.3 Å². The van der Waals surface area contributed by atoms with Crippen LogP contribution in [-0.4, -0.2) is 18.9 Å². The first-order valence-electron chi connectivity index (χ1n) is 3.54. The van der Waals surface area contributed by atoms with Crippen molar-refractivity contribution >= 4 is 21.9 Å². The van der Waals surface area contributed by atoms with E-state index in [0.717, 1.165) is 0 Å². The summed E-state index contributed by atoms with van der Waals surface area (Å²) in [5.74, 6) is -0.781. The van der Waals surface area contributed by atoms with Gasteiger partial charge in [0.2, 0.25) is 0 Å². The van der Waals surface area contributed by atoms with Gasteiger partial charge in [-0.25, -0.2) is 0 Å². The first kappa shape index (κ1) is 10.5. The number of benzene rings is 1. The summed E-state index contributed by atoms with van der Waals surface area (Å²) < 4.78 is 31.2. The highest BCUT2D eigenvalue weighted by Gasteiger charge is 2.11. The number of rotatable bonds is 3. The molecule has 1 aromatic rings. The Bertz CT molecular complexity index is 455. The maximum absolute atomic E-state index is 10.8. The molecule has 1 aromatic carbocycles. The molecular weight excluding hydrogens is 208 g/mol. The average molecular weight is 216 g/mol. The van der Waals surface area contributed by atoms with Gasteiger partial charge in [0.1, 0.15) is 0 Å². The molecule has 7 heteroatoms. The van der Waals surface area contributed by atoms with E-state index in [1.54, 1.807) is 4.72 Å². The smallest absolute Gasteiger partial charge is 0.357 e. The number of carbonyl (C=O) groups excluding carboxylic acids is 1. The zero-order chi connectivity index (χ0) is 10.8. The third-order valence-electron chi connectivity index (χ3n) is 1.43. The lowest BCUT2D eigenvalue weighted by Gasteiger charge is -2.05. The van der Waals surface area contributed by atoms with Gasteiger partial charge in [-0.3, -0.25) is 14.1 Å². The van der Waals surface area contributed by atoms with Crippen LogP contribution in [0.3, 0.4) is 0 Å². The maximum Gasteiger partial charge on any atom is 0.357 e. The van der Waals surface area contributed by atoms with E-state index in [0.29, 0.717) is 0 Å². The predicted octanol–water partition coefficient (Wildman–Crippen LogP) is 0.000200. The molecule has 0 bridgehead atoms. The maximum atomic E-state index is 10.8. The summed E-state index contributed by atoms with van der Waals surface area (Å²) in [6.45, 7) is 0. The summed E-state index contributed by atoms with van der Waals surface area (Å²) in [7, 11) is -4.39. The number of amides is 1. The monoisotopic (exact) mass is 216 g/mol. The van der Waals surface area contributed by atoms with Crippen LogP contribution in [0.1, 0.15) is 10.4 Å². The van der Waals surface area contributed by atoms with Gasteiger partial charge in [-0.15, -0.1) is 0 Å². The van der Waals surface area contributed by atoms with Crippen LogP contribution < -0.4 is 10.5 Å². The summed E-state index contributed by atoms with van der Waals surface area (Å²) in [6, 6.07) is 5.68. The van der Waals surface area contributed by atoms with E-state index in [4.69, 9.17) is 10.3 Å². The zero-order valence-corrected chi connectivity index (χ0v) is 7.78. The van der Waals surface area contributed by atoms with Crippen molar-refractivity contribution in [2.45, 2.75) is 0 Å². The molecule has 14 heavy (non-hydrogen) atoms. The molecule has 0 heterocycles. The van der Waals surface area contributed by atoms with Gasteiger partial charge in [0.15, 0.2) is 0 Å². The van der Waals surface area contributed by atoms with Crippen LogP contribution in [0, 0.1) is 0 Å². The molecule has 0 radical (unpaired) electrons. The molecule has 0 saturated heterocycles. The number of hydrogen-bond acceptors (Lipinski definition) is 3. The molecular formula is C7H8N2O4S. The van der Waals surface area contributed by atoms with Crippen LogP contribution >= 0.6 is 0 Å². The van der Waals surface area contributed by atoms with Crippen molar-refractivity contribution < 1.29 is 17.8 Å². The Balaban J connectivity index is 3.15. The number of anilines is 1. The van der Waals surface area contributed by atoms with Gasteiger partial charge in [0, 0.05) is 0 Å². The molecule has 0 aliphatic carbocycles. The van der Waals surface area contributed by atoms with Crippen molar-refractivity contribution in [2.75, 3.05) is 4.72 Å². The number of primary amides is 1. The fourth-order valence-corrected chi connectivity index (χ4v) is 1.38. The Morgan fingerprint density at radius 1 is 1.36 bits per heavy atom. The Morgan fingerprint density at radius 3 is 2.43 bits per heavy atom. The van der Waals surface area contributed by atoms with Crippen LogP contribution in [0.4, 0.5) is 5.69 Å². The molecule has 0 aromatic heterocycles. The third kappa shape index (κ3) is 2.71. The van der Waals surface area contributed by atoms with E-state index < -0.39 is 16.2 Å². The lowest BCUT2D eigenvalue weighted by molar-refractivity contribution is 0.100. The lowest BCUT2D eigenvalue weighted by Crippen LogP contribution is -2.17. The van der Waals surface area contributed by atoms with E-state index in [2.05, 4.69) is 0 Å². The standard InChI is InChI=1S/C7H8N2O4S/c8-7(10)5-3-1-2-4-6(5)9-14(11,12)13/h1-4,9H,(H2,8,10)(H,11,12,13). The van der Waals surface area contributed by atoms with Gasteiger partial charge < -0.3 is 5.73 Å². The number of para-hydroxylation sites is 1. The van der Waals surface area contributed by atoms with Gasteiger partial charge in [0.25, 0.3) is 5.91 Å². The van der Waals surface area contributed by atoms with E-state index in [-0.39, 0.29) is 11.3 Å². The van der Waals surface area contributed by atoms with Gasteiger partial charge >= 0.3 is 10.3 Å². The fourth-order valence-electron chi connectivity index (χ4n) is 0.926. The second-order valence-electron chi connectivity index (χ2n) is 2.49. The fraction of sp³-hybridized carbons (Fsp3) is 0. The first-order valence-corrected chi connectivity index (χ1v) is 4.98. The van der Waals surface area contributed by atoms with E-state index in [1.807, 2.05) is 0 Å². The Kier molecular flexibility index (Phi) is 2.73. The summed E-state index contributed by atoms with van der Waals surface area (Å²) in [5.41, 5.74) is 4.92. The minimum absolute atomic E-state index is 0.00914. The Morgan fingerprint density at radius 2 is 1.93 bits per heavy atom. The second-order valence-corrected chi connectivity index (χ2v) is 3.64. The van der Waals surface area contributed by atoms with Crippen LogP contribution in [0.25, 0.3) is 0 Å². The summed E-state index contributed by atoms with van der Waals surface area (Å²) >= 11 is 0. The van der Waals surface area contributed by atoms with Crippen molar-refractivity contribution in [3.63, 3.8) is 0 Å². The quantitative estimate of drug-likeness (QED) is 0.617. The van der Waals surface area contributed by atoms with Gasteiger partial charge in [0.05, 0.1) is 11.3 Å². The number of nitrogens with one attached hydrogen (secondary N) is 1. The van der Waals surface area contributed by atoms with E-state index in [9.17, 15) is 13.2 Å². The molecule has 1 rings (SSSR count). The van der Waals surface area contributed by atoms with Gasteiger partial charge in [-0.2, -0.15) is 8.42 Å². The highest BCUT2D eigenvalue weighted by atomic mass is 32.2. The van der Waals surface area contributed by atoms with Crippen molar-refractivity contribution in [3.8, 4) is 0 Å². The molecule has 0 unspecified atom stereocenters. The molecule has 0 fully saturated rings. The minimum atomic E-state index is -4.39. The third-order valence-corrected chi connectivity index (χ3v) is 1.91. The molecule has 0 atom stereocenters. The topological polar surface area (TPSA) is 109 Å². The van der Waals surface area contributed by atoms with Crippen molar-refractivity contribution in [1.29, 1.82) is 0 Å². The lowest BCUT2D eigenvalue weighted by atomic mass is 10.2. The molecule has 6 nitrogen and oxygen atoms in total. The van der Waals surface area contributed by atoms with Gasteiger partial charge in [-0.1, -0.05) is 12.1 Å².